The fraction of sp³-hybridized carbons (Fsp3) is 0.500. The van der Waals surface area contributed by atoms with Gasteiger partial charge in [0.2, 0.25) is 0 Å². The molecular formula is C6H9NO2. The molecule has 0 aliphatic carbocycles. The Bertz CT molecular complexity index is 151. The van der Waals surface area contributed by atoms with Gasteiger partial charge in [-0.05, 0) is 6.42 Å². The lowest BCUT2D eigenvalue weighted by Crippen LogP contribution is -2.10. The van der Waals surface area contributed by atoms with Gasteiger partial charge in [-0.15, -0.1) is 0 Å². The van der Waals surface area contributed by atoms with E-state index in [1.807, 2.05) is 13.0 Å². The number of nitrogens with one attached hydrogen (secondary N) is 1. The summed E-state index contributed by atoms with van der Waals surface area (Å²) in [5.41, 5.74) is 0.877. The molecule has 0 atom stereocenters. The Morgan fingerprint density at radius 3 is 3.11 bits per heavy atom. The summed E-state index contributed by atoms with van der Waals surface area (Å²) in [5.74, 6) is 0. The molecule has 1 fully saturated rings. The van der Waals surface area contributed by atoms with Crippen LogP contribution in [-0.4, -0.2) is 12.7 Å². The fourth-order valence-electron chi connectivity index (χ4n) is 0.703. The molecule has 3 nitrogen and oxygen atoms in total. The van der Waals surface area contributed by atoms with Gasteiger partial charge in [0, 0.05) is 0 Å². The number of carbonyl (C=O) groups is 1. The third-order valence-corrected chi connectivity index (χ3v) is 1.07. The molecule has 0 spiro atoms. The molecule has 9 heavy (non-hydrogen) atoms. The van der Waals surface area contributed by atoms with Gasteiger partial charge in [-0.1, -0.05) is 13.0 Å². The summed E-state index contributed by atoms with van der Waals surface area (Å²) in [6.45, 7) is 2.42. The Hall–Kier alpha value is -0.990. The third-order valence-electron chi connectivity index (χ3n) is 1.07. The van der Waals surface area contributed by atoms with Crippen LogP contribution >= 0.6 is 0 Å². The lowest BCUT2D eigenvalue weighted by Gasteiger charge is -1.87. The lowest BCUT2D eigenvalue weighted by molar-refractivity contribution is 0.179. The molecule has 50 valence electrons. The van der Waals surface area contributed by atoms with Crippen molar-refractivity contribution < 1.29 is 9.53 Å². The first-order chi connectivity index (χ1) is 4.33. The second kappa shape index (κ2) is 2.53. The molecule has 0 radical (unpaired) electrons. The second-order valence-electron chi connectivity index (χ2n) is 1.84. The van der Waals surface area contributed by atoms with Crippen LogP contribution in [-0.2, 0) is 4.74 Å². The van der Waals surface area contributed by atoms with Gasteiger partial charge in [0.05, 0.1) is 5.70 Å². The number of hydrogen-bond acceptors (Lipinski definition) is 2. The minimum Gasteiger partial charge on any atom is -0.443 e. The zero-order valence-corrected chi connectivity index (χ0v) is 5.31. The summed E-state index contributed by atoms with van der Waals surface area (Å²) in [7, 11) is 0. The van der Waals surface area contributed by atoms with Crippen molar-refractivity contribution in [3.63, 3.8) is 0 Å². The highest BCUT2D eigenvalue weighted by molar-refractivity contribution is 5.72. The monoisotopic (exact) mass is 127 g/mol. The van der Waals surface area contributed by atoms with Gasteiger partial charge in [0.15, 0.2) is 0 Å². The Morgan fingerprint density at radius 1 is 1.89 bits per heavy atom. The van der Waals surface area contributed by atoms with Crippen molar-refractivity contribution in [2.45, 2.75) is 13.3 Å². The molecule has 1 aliphatic rings. The molecule has 1 rings (SSSR count). The van der Waals surface area contributed by atoms with Crippen LogP contribution in [0.3, 0.4) is 0 Å². The molecule has 0 aromatic heterocycles. The number of hydrogen-bond donors (Lipinski definition) is 1. The van der Waals surface area contributed by atoms with E-state index in [0.717, 1.165) is 12.1 Å². The zero-order valence-electron chi connectivity index (χ0n) is 5.31. The van der Waals surface area contributed by atoms with E-state index >= 15 is 0 Å². The smallest absolute Gasteiger partial charge is 0.411 e. The number of allylic oxidation sites excluding steroid dienone is 1. The highest BCUT2D eigenvalue weighted by atomic mass is 16.6. The van der Waals surface area contributed by atoms with E-state index in [1.165, 1.54) is 0 Å². The molecule has 0 unspecified atom stereocenters. The van der Waals surface area contributed by atoms with Gasteiger partial charge < -0.3 is 4.74 Å². The number of rotatable bonds is 1. The summed E-state index contributed by atoms with van der Waals surface area (Å²) in [6, 6.07) is 0. The van der Waals surface area contributed by atoms with E-state index in [2.05, 4.69) is 10.1 Å². The molecule has 0 bridgehead atoms. The molecule has 0 aromatic rings. The number of alkyl carbamates (subject to hydrolysis) is 1. The molecule has 1 N–H and O–H groups in total. The van der Waals surface area contributed by atoms with Crippen LogP contribution < -0.4 is 5.32 Å². The van der Waals surface area contributed by atoms with E-state index < -0.39 is 0 Å². The van der Waals surface area contributed by atoms with Crippen LogP contribution in [0.5, 0.6) is 0 Å². The van der Waals surface area contributed by atoms with Crippen molar-refractivity contribution in [2.24, 2.45) is 0 Å². The lowest BCUT2D eigenvalue weighted by atomic mass is 10.3. The molecular weight excluding hydrogens is 118 g/mol. The first-order valence-electron chi connectivity index (χ1n) is 2.95. The number of cyclic esters (lactones) is 1. The predicted molar refractivity (Wildman–Crippen MR) is 32.9 cm³/mol. The van der Waals surface area contributed by atoms with Gasteiger partial charge in [0.1, 0.15) is 6.61 Å². The van der Waals surface area contributed by atoms with Crippen molar-refractivity contribution in [3.8, 4) is 0 Å². The Labute approximate surface area is 53.7 Å². The van der Waals surface area contributed by atoms with Crippen molar-refractivity contribution >= 4 is 6.09 Å². The summed E-state index contributed by atoms with van der Waals surface area (Å²) in [4.78, 5) is 10.4. The first-order valence-corrected chi connectivity index (χ1v) is 2.95. The maximum Gasteiger partial charge on any atom is 0.411 e. The van der Waals surface area contributed by atoms with Gasteiger partial charge in [-0.25, -0.2) is 4.79 Å². The Balaban J connectivity index is 2.47. The van der Waals surface area contributed by atoms with Crippen LogP contribution in [0, 0.1) is 0 Å². The standard InChI is InChI=1S/C6H9NO2/c1-2-3-5-4-9-6(8)7-5/h3H,2,4H2,1H3,(H,7,8). The Kier molecular flexibility index (Phi) is 1.72. The van der Waals surface area contributed by atoms with Crippen molar-refractivity contribution in [1.29, 1.82) is 0 Å². The van der Waals surface area contributed by atoms with Crippen molar-refractivity contribution in [2.75, 3.05) is 6.61 Å². The maximum absolute atomic E-state index is 10.4. The number of ether oxygens (including phenoxy) is 1. The van der Waals surface area contributed by atoms with E-state index in [9.17, 15) is 4.79 Å². The number of carbonyl (C=O) groups excluding carboxylic acids is 1. The van der Waals surface area contributed by atoms with Crippen LogP contribution in [0.15, 0.2) is 11.8 Å². The normalized spacial score (nSPS) is 21.9. The molecule has 1 amide bonds. The zero-order chi connectivity index (χ0) is 6.69. The number of amides is 1. The maximum atomic E-state index is 10.4. The second-order valence-corrected chi connectivity index (χ2v) is 1.84. The van der Waals surface area contributed by atoms with Gasteiger partial charge in [0.25, 0.3) is 0 Å². The van der Waals surface area contributed by atoms with Gasteiger partial charge in [-0.3, -0.25) is 5.32 Å². The molecule has 3 heteroatoms. The topological polar surface area (TPSA) is 38.3 Å². The first kappa shape index (κ1) is 6.13. The van der Waals surface area contributed by atoms with E-state index in [0.29, 0.717) is 6.61 Å². The third kappa shape index (κ3) is 1.45. The van der Waals surface area contributed by atoms with Gasteiger partial charge >= 0.3 is 6.09 Å². The van der Waals surface area contributed by atoms with E-state index in [4.69, 9.17) is 0 Å². The quantitative estimate of drug-likeness (QED) is 0.571. The van der Waals surface area contributed by atoms with Crippen LogP contribution in [0.4, 0.5) is 4.79 Å². The van der Waals surface area contributed by atoms with Crippen molar-refractivity contribution in [3.05, 3.63) is 11.8 Å². The molecule has 1 aliphatic heterocycles. The van der Waals surface area contributed by atoms with E-state index in [1.54, 1.807) is 0 Å². The van der Waals surface area contributed by atoms with Crippen LogP contribution in [0.2, 0.25) is 0 Å². The molecule has 1 heterocycles. The molecule has 1 saturated heterocycles. The molecule has 0 aromatic carbocycles. The van der Waals surface area contributed by atoms with Crippen LogP contribution in [0.25, 0.3) is 0 Å². The Morgan fingerprint density at radius 2 is 2.67 bits per heavy atom. The SMILES string of the molecule is CCC=C1COC(=O)N1. The minimum atomic E-state index is -0.338. The van der Waals surface area contributed by atoms with Crippen molar-refractivity contribution in [1.82, 2.24) is 5.32 Å². The largest absolute Gasteiger partial charge is 0.443 e. The van der Waals surface area contributed by atoms with E-state index in [-0.39, 0.29) is 6.09 Å². The highest BCUT2D eigenvalue weighted by Crippen LogP contribution is 2.01. The average Bonchev–Trinajstić information content (AvgIpc) is 2.17. The van der Waals surface area contributed by atoms with Gasteiger partial charge in [-0.2, -0.15) is 0 Å². The van der Waals surface area contributed by atoms with Crippen LogP contribution in [0.1, 0.15) is 13.3 Å². The summed E-state index contributed by atoms with van der Waals surface area (Å²) in [6.07, 6.45) is 2.53. The average molecular weight is 127 g/mol. The summed E-state index contributed by atoms with van der Waals surface area (Å²) < 4.78 is 4.60. The summed E-state index contributed by atoms with van der Waals surface area (Å²) >= 11 is 0. The minimum absolute atomic E-state index is 0.338. The highest BCUT2D eigenvalue weighted by Gasteiger charge is 2.13. The fourth-order valence-corrected chi connectivity index (χ4v) is 0.703. The predicted octanol–water partition coefficient (Wildman–Crippen LogP) is 1.02. The molecule has 0 saturated carbocycles. The summed E-state index contributed by atoms with van der Waals surface area (Å²) in [5, 5.41) is 2.55.